The highest BCUT2D eigenvalue weighted by Crippen LogP contribution is 2.39. The zero-order valence-corrected chi connectivity index (χ0v) is 12.3. The zero-order chi connectivity index (χ0) is 12.8. The van der Waals surface area contributed by atoms with Crippen LogP contribution in [0.15, 0.2) is 0 Å². The molecule has 0 amide bonds. The van der Waals surface area contributed by atoms with Crippen molar-refractivity contribution in [3.05, 3.63) is 0 Å². The molecule has 0 bridgehead atoms. The van der Waals surface area contributed by atoms with Crippen LogP contribution in [0.1, 0.15) is 65.2 Å². The maximum Gasteiger partial charge on any atom is 0.0488 e. The summed E-state index contributed by atoms with van der Waals surface area (Å²) in [5, 5.41) is 3.76. The van der Waals surface area contributed by atoms with Gasteiger partial charge in [-0.2, -0.15) is 0 Å². The molecule has 0 unspecified atom stereocenters. The molecular weight excluding hydrogens is 222 g/mol. The minimum absolute atomic E-state index is 0.553. The molecule has 0 saturated heterocycles. The first-order valence-electron chi connectivity index (χ1n) is 8.01. The van der Waals surface area contributed by atoms with Crippen molar-refractivity contribution in [3.8, 4) is 0 Å². The molecular formula is C16H31NO. The highest BCUT2D eigenvalue weighted by atomic mass is 16.5. The van der Waals surface area contributed by atoms with Gasteiger partial charge in [-0.1, -0.05) is 33.1 Å². The minimum Gasteiger partial charge on any atom is -0.381 e. The number of hydrogen-bond donors (Lipinski definition) is 1. The second-order valence-corrected chi connectivity index (χ2v) is 6.93. The van der Waals surface area contributed by atoms with Crippen LogP contribution in [0.2, 0.25) is 0 Å². The fourth-order valence-corrected chi connectivity index (χ4v) is 3.07. The van der Waals surface area contributed by atoms with Crippen molar-refractivity contribution in [1.82, 2.24) is 5.32 Å². The first-order chi connectivity index (χ1) is 8.70. The van der Waals surface area contributed by atoms with Crippen molar-refractivity contribution in [1.29, 1.82) is 0 Å². The third-order valence-corrected chi connectivity index (χ3v) is 4.49. The van der Waals surface area contributed by atoms with E-state index in [1.165, 1.54) is 57.9 Å². The van der Waals surface area contributed by atoms with Crippen LogP contribution in [0.3, 0.4) is 0 Å². The van der Waals surface area contributed by atoms with E-state index in [2.05, 4.69) is 19.2 Å². The molecule has 2 nitrogen and oxygen atoms in total. The summed E-state index contributed by atoms with van der Waals surface area (Å²) in [6, 6.07) is 0.848. The predicted octanol–water partition coefficient (Wildman–Crippen LogP) is 3.75. The average Bonchev–Trinajstić information content (AvgIpc) is 3.18. The van der Waals surface area contributed by atoms with Crippen molar-refractivity contribution in [3.63, 3.8) is 0 Å². The molecule has 0 heterocycles. The normalized spacial score (nSPS) is 23.5. The quantitative estimate of drug-likeness (QED) is 0.665. The van der Waals surface area contributed by atoms with Gasteiger partial charge in [0.2, 0.25) is 0 Å². The maximum atomic E-state index is 5.82. The standard InChI is InChI=1S/C16H31NO/c1-14(2)12-18-11-10-16(8-4-3-5-9-16)13-17-15-6-7-15/h14-15,17H,3-13H2,1-2H3. The second-order valence-electron chi connectivity index (χ2n) is 6.93. The molecule has 0 spiro atoms. The molecule has 1 N–H and O–H groups in total. The largest absolute Gasteiger partial charge is 0.381 e. The summed E-state index contributed by atoms with van der Waals surface area (Å²) in [6.07, 6.45) is 11.2. The smallest absolute Gasteiger partial charge is 0.0488 e. The molecule has 106 valence electrons. The molecule has 18 heavy (non-hydrogen) atoms. The molecule has 0 aromatic carbocycles. The molecule has 0 atom stereocenters. The maximum absolute atomic E-state index is 5.82. The Bertz CT molecular complexity index is 229. The number of ether oxygens (including phenoxy) is 1. The van der Waals surface area contributed by atoms with Gasteiger partial charge >= 0.3 is 0 Å². The van der Waals surface area contributed by atoms with Crippen molar-refractivity contribution < 1.29 is 4.74 Å². The van der Waals surface area contributed by atoms with E-state index in [9.17, 15) is 0 Å². The molecule has 2 rings (SSSR count). The van der Waals surface area contributed by atoms with Gasteiger partial charge in [-0.3, -0.25) is 0 Å². The van der Waals surface area contributed by atoms with Gasteiger partial charge in [0.15, 0.2) is 0 Å². The summed E-state index contributed by atoms with van der Waals surface area (Å²) in [5.74, 6) is 0.664. The Balaban J connectivity index is 1.71. The van der Waals surface area contributed by atoms with Gasteiger partial charge in [-0.25, -0.2) is 0 Å². The fraction of sp³-hybridized carbons (Fsp3) is 1.00. The van der Waals surface area contributed by atoms with Crippen LogP contribution in [0.25, 0.3) is 0 Å². The summed E-state index contributed by atoms with van der Waals surface area (Å²) in [5.41, 5.74) is 0.553. The molecule has 0 aliphatic heterocycles. The average molecular weight is 253 g/mol. The van der Waals surface area contributed by atoms with Crippen LogP contribution in [0.4, 0.5) is 0 Å². The van der Waals surface area contributed by atoms with E-state index in [0.717, 1.165) is 19.3 Å². The van der Waals surface area contributed by atoms with Crippen LogP contribution in [0.5, 0.6) is 0 Å². The Morgan fingerprint density at radius 2 is 1.89 bits per heavy atom. The van der Waals surface area contributed by atoms with Gasteiger partial charge in [0, 0.05) is 25.8 Å². The summed E-state index contributed by atoms with van der Waals surface area (Å²) in [6.45, 7) is 7.58. The number of nitrogens with one attached hydrogen (secondary N) is 1. The lowest BCUT2D eigenvalue weighted by Crippen LogP contribution is -2.38. The first-order valence-corrected chi connectivity index (χ1v) is 8.01. The fourth-order valence-electron chi connectivity index (χ4n) is 3.07. The second kappa shape index (κ2) is 6.91. The Labute approximate surface area is 113 Å². The lowest BCUT2D eigenvalue weighted by Gasteiger charge is -2.38. The SMILES string of the molecule is CC(C)COCCC1(CNC2CC2)CCCCC1. The van der Waals surface area contributed by atoms with Gasteiger partial charge in [0.1, 0.15) is 0 Å². The molecule has 0 radical (unpaired) electrons. The molecule has 0 aromatic heterocycles. The summed E-state index contributed by atoms with van der Waals surface area (Å²) < 4.78 is 5.82. The van der Waals surface area contributed by atoms with Crippen molar-refractivity contribution in [2.75, 3.05) is 19.8 Å². The Hall–Kier alpha value is -0.0800. The molecule has 2 aliphatic carbocycles. The Morgan fingerprint density at radius 3 is 2.50 bits per heavy atom. The van der Waals surface area contributed by atoms with E-state index in [-0.39, 0.29) is 0 Å². The van der Waals surface area contributed by atoms with E-state index in [4.69, 9.17) is 4.74 Å². The Kier molecular flexibility index (Phi) is 5.50. The van der Waals surface area contributed by atoms with Gasteiger partial charge < -0.3 is 10.1 Å². The topological polar surface area (TPSA) is 21.3 Å². The third-order valence-electron chi connectivity index (χ3n) is 4.49. The van der Waals surface area contributed by atoms with Crippen LogP contribution in [-0.2, 0) is 4.74 Å². The van der Waals surface area contributed by atoms with Gasteiger partial charge in [-0.05, 0) is 43.4 Å². The van der Waals surface area contributed by atoms with Gasteiger partial charge in [-0.15, -0.1) is 0 Å². The molecule has 2 saturated carbocycles. The van der Waals surface area contributed by atoms with Gasteiger partial charge in [0.05, 0.1) is 0 Å². The highest BCUT2D eigenvalue weighted by molar-refractivity contribution is 4.89. The van der Waals surface area contributed by atoms with Crippen molar-refractivity contribution in [2.45, 2.75) is 71.3 Å². The van der Waals surface area contributed by atoms with Crippen LogP contribution < -0.4 is 5.32 Å². The first kappa shape index (κ1) is 14.3. The van der Waals surface area contributed by atoms with Gasteiger partial charge in [0.25, 0.3) is 0 Å². The molecule has 0 aromatic rings. The Morgan fingerprint density at radius 1 is 1.17 bits per heavy atom. The molecule has 2 heteroatoms. The van der Waals surface area contributed by atoms with Crippen molar-refractivity contribution >= 4 is 0 Å². The summed E-state index contributed by atoms with van der Waals surface area (Å²) >= 11 is 0. The summed E-state index contributed by atoms with van der Waals surface area (Å²) in [4.78, 5) is 0. The van der Waals surface area contributed by atoms with E-state index in [1.54, 1.807) is 0 Å². The third kappa shape index (κ3) is 4.89. The van der Waals surface area contributed by atoms with E-state index in [1.807, 2.05) is 0 Å². The lowest BCUT2D eigenvalue weighted by molar-refractivity contribution is 0.0600. The molecule has 2 aliphatic rings. The molecule has 2 fully saturated rings. The monoisotopic (exact) mass is 253 g/mol. The van der Waals surface area contributed by atoms with Crippen molar-refractivity contribution in [2.24, 2.45) is 11.3 Å². The number of rotatable bonds is 8. The van der Waals surface area contributed by atoms with E-state index < -0.39 is 0 Å². The van der Waals surface area contributed by atoms with Crippen LogP contribution >= 0.6 is 0 Å². The van der Waals surface area contributed by atoms with E-state index >= 15 is 0 Å². The lowest BCUT2D eigenvalue weighted by atomic mass is 9.72. The zero-order valence-electron chi connectivity index (χ0n) is 12.3. The van der Waals surface area contributed by atoms with Crippen LogP contribution in [0, 0.1) is 11.3 Å². The number of hydrogen-bond acceptors (Lipinski definition) is 2. The predicted molar refractivity (Wildman–Crippen MR) is 76.8 cm³/mol. The summed E-state index contributed by atoms with van der Waals surface area (Å²) in [7, 11) is 0. The minimum atomic E-state index is 0.553. The van der Waals surface area contributed by atoms with E-state index in [0.29, 0.717) is 11.3 Å². The van der Waals surface area contributed by atoms with Crippen LogP contribution in [-0.4, -0.2) is 25.8 Å². The highest BCUT2D eigenvalue weighted by Gasteiger charge is 2.33.